The fourth-order valence-corrected chi connectivity index (χ4v) is 5.31. The van der Waals surface area contributed by atoms with E-state index in [4.69, 9.17) is 0 Å². The van der Waals surface area contributed by atoms with E-state index in [2.05, 4.69) is 31.3 Å². The Balaban J connectivity index is 1.26. The van der Waals surface area contributed by atoms with Crippen molar-refractivity contribution < 1.29 is 9.59 Å². The predicted molar refractivity (Wildman–Crippen MR) is 93.6 cm³/mol. The van der Waals surface area contributed by atoms with Crippen molar-refractivity contribution >= 4 is 11.8 Å². The Hall–Kier alpha value is -2.07. The normalized spacial score (nSPS) is 33.8. The molecule has 4 atom stereocenters. The SMILES string of the molecule is O=C(C1CNNC1n1cnnn1)N1C[C@H]2CCN(C(=O)C3CCCC3)[C@H]2C1. The number of likely N-dealkylation sites (tertiary alicyclic amines) is 2. The van der Waals surface area contributed by atoms with Gasteiger partial charge in [-0.2, -0.15) is 0 Å². The van der Waals surface area contributed by atoms with E-state index >= 15 is 0 Å². The molecule has 1 saturated carbocycles. The lowest BCUT2D eigenvalue weighted by Crippen LogP contribution is -2.45. The van der Waals surface area contributed by atoms with Crippen LogP contribution >= 0.6 is 0 Å². The largest absolute Gasteiger partial charge is 0.340 e. The van der Waals surface area contributed by atoms with E-state index in [0.717, 1.165) is 32.4 Å². The molecule has 0 spiro atoms. The standard InChI is InChI=1S/C17H26N8O2/c26-16(11-3-1-2-4-11)24-6-5-12-8-23(9-14(12)24)17(27)13-7-18-20-15(13)25-10-19-21-22-25/h10-15,18,20H,1-9H2/t12-,13?,14+,15?/m1/s1. The number of rotatable bonds is 3. The zero-order valence-electron chi connectivity index (χ0n) is 15.3. The van der Waals surface area contributed by atoms with Crippen LogP contribution < -0.4 is 10.9 Å². The lowest BCUT2D eigenvalue weighted by molar-refractivity contribution is -0.139. The van der Waals surface area contributed by atoms with Crippen molar-refractivity contribution in [3.63, 3.8) is 0 Å². The van der Waals surface area contributed by atoms with Crippen LogP contribution in [0.5, 0.6) is 0 Å². The van der Waals surface area contributed by atoms with E-state index in [-0.39, 0.29) is 30.0 Å². The summed E-state index contributed by atoms with van der Waals surface area (Å²) in [7, 11) is 0. The minimum atomic E-state index is -0.288. The molecule has 4 aliphatic rings. The van der Waals surface area contributed by atoms with Gasteiger partial charge in [0, 0.05) is 38.0 Å². The molecule has 0 aromatic carbocycles. The topological polar surface area (TPSA) is 108 Å². The van der Waals surface area contributed by atoms with Crippen LogP contribution in [-0.4, -0.2) is 74.0 Å². The molecule has 2 unspecified atom stereocenters. The Morgan fingerprint density at radius 2 is 1.93 bits per heavy atom. The minimum Gasteiger partial charge on any atom is -0.340 e. The molecule has 0 radical (unpaired) electrons. The highest BCUT2D eigenvalue weighted by Gasteiger charge is 2.48. The van der Waals surface area contributed by atoms with Gasteiger partial charge in [0.05, 0.1) is 12.0 Å². The Morgan fingerprint density at radius 1 is 1.07 bits per heavy atom. The van der Waals surface area contributed by atoms with Gasteiger partial charge >= 0.3 is 0 Å². The molecule has 3 aliphatic heterocycles. The third-order valence-electron chi connectivity index (χ3n) is 6.77. The van der Waals surface area contributed by atoms with Crippen molar-refractivity contribution in [3.05, 3.63) is 6.33 Å². The third kappa shape index (κ3) is 2.91. The summed E-state index contributed by atoms with van der Waals surface area (Å²) in [6.07, 6.45) is 6.64. The van der Waals surface area contributed by atoms with E-state index in [0.29, 0.717) is 24.9 Å². The maximum atomic E-state index is 13.2. The van der Waals surface area contributed by atoms with Crippen molar-refractivity contribution in [1.29, 1.82) is 0 Å². The summed E-state index contributed by atoms with van der Waals surface area (Å²) >= 11 is 0. The smallest absolute Gasteiger partial charge is 0.230 e. The van der Waals surface area contributed by atoms with E-state index in [1.165, 1.54) is 19.2 Å². The van der Waals surface area contributed by atoms with Gasteiger partial charge in [0.2, 0.25) is 11.8 Å². The molecule has 1 aliphatic carbocycles. The first-order chi connectivity index (χ1) is 13.2. The van der Waals surface area contributed by atoms with Crippen LogP contribution in [0, 0.1) is 17.8 Å². The van der Waals surface area contributed by atoms with Crippen molar-refractivity contribution in [3.8, 4) is 0 Å². The number of amides is 2. The molecular formula is C17H26N8O2. The number of fused-ring (bicyclic) bond motifs is 1. The van der Waals surface area contributed by atoms with Crippen LogP contribution in [0.3, 0.4) is 0 Å². The van der Waals surface area contributed by atoms with Gasteiger partial charge in [0.15, 0.2) is 0 Å². The molecule has 5 rings (SSSR count). The Bertz CT molecular complexity index is 704. The molecule has 2 amide bonds. The monoisotopic (exact) mass is 374 g/mol. The summed E-state index contributed by atoms with van der Waals surface area (Å²) in [4.78, 5) is 30.1. The fraction of sp³-hybridized carbons (Fsp3) is 0.824. The Kier molecular flexibility index (Phi) is 4.31. The average Bonchev–Trinajstić information content (AvgIpc) is 3.49. The Labute approximate surface area is 157 Å². The molecular weight excluding hydrogens is 348 g/mol. The second-order valence-corrected chi connectivity index (χ2v) is 8.24. The number of carbonyl (C=O) groups excluding carboxylic acids is 2. The van der Waals surface area contributed by atoms with Crippen LogP contribution in [0.15, 0.2) is 6.33 Å². The number of nitrogens with zero attached hydrogens (tertiary/aromatic N) is 6. The summed E-state index contributed by atoms with van der Waals surface area (Å²) in [5, 5.41) is 11.3. The zero-order valence-corrected chi connectivity index (χ0v) is 15.3. The first-order valence-corrected chi connectivity index (χ1v) is 10.0. The number of aromatic nitrogens is 4. The second-order valence-electron chi connectivity index (χ2n) is 8.24. The number of hydrazine groups is 1. The summed E-state index contributed by atoms with van der Waals surface area (Å²) in [6.45, 7) is 2.80. The summed E-state index contributed by atoms with van der Waals surface area (Å²) in [6, 6.07) is 0.191. The fourth-order valence-electron chi connectivity index (χ4n) is 5.31. The first kappa shape index (κ1) is 17.1. The number of hydrogen-bond donors (Lipinski definition) is 2. The lowest BCUT2D eigenvalue weighted by Gasteiger charge is -2.28. The summed E-state index contributed by atoms with van der Waals surface area (Å²) in [5.41, 5.74) is 6.14. The van der Waals surface area contributed by atoms with Gasteiger partial charge in [-0.1, -0.05) is 12.8 Å². The predicted octanol–water partition coefficient (Wildman–Crippen LogP) is -0.855. The first-order valence-electron chi connectivity index (χ1n) is 10.0. The van der Waals surface area contributed by atoms with Gasteiger partial charge in [-0.25, -0.2) is 10.1 Å². The number of hydrogen-bond acceptors (Lipinski definition) is 7. The van der Waals surface area contributed by atoms with Gasteiger partial charge in [-0.05, 0) is 29.7 Å². The van der Waals surface area contributed by atoms with Crippen molar-refractivity contribution in [2.24, 2.45) is 17.8 Å². The number of tetrazole rings is 1. The molecule has 27 heavy (non-hydrogen) atoms. The van der Waals surface area contributed by atoms with E-state index in [1.807, 2.05) is 4.90 Å². The zero-order chi connectivity index (χ0) is 18.4. The number of nitrogens with one attached hydrogen (secondary N) is 2. The molecule has 1 aromatic rings. The molecule has 4 fully saturated rings. The van der Waals surface area contributed by atoms with Gasteiger partial charge in [-0.3, -0.25) is 15.0 Å². The summed E-state index contributed by atoms with van der Waals surface area (Å²) in [5.74, 6) is 0.793. The van der Waals surface area contributed by atoms with Gasteiger partial charge in [0.1, 0.15) is 12.5 Å². The second kappa shape index (κ2) is 6.83. The van der Waals surface area contributed by atoms with Crippen molar-refractivity contribution in [1.82, 2.24) is 40.9 Å². The lowest BCUT2D eigenvalue weighted by atomic mass is 10.0. The Morgan fingerprint density at radius 3 is 2.70 bits per heavy atom. The highest BCUT2D eigenvalue weighted by Crippen LogP contribution is 2.36. The molecule has 4 heterocycles. The third-order valence-corrected chi connectivity index (χ3v) is 6.77. The van der Waals surface area contributed by atoms with Crippen LogP contribution in [0.2, 0.25) is 0 Å². The summed E-state index contributed by atoms with van der Waals surface area (Å²) < 4.78 is 1.58. The molecule has 10 nitrogen and oxygen atoms in total. The molecule has 3 saturated heterocycles. The molecule has 2 N–H and O–H groups in total. The van der Waals surface area contributed by atoms with E-state index in [9.17, 15) is 9.59 Å². The average molecular weight is 374 g/mol. The van der Waals surface area contributed by atoms with Crippen LogP contribution in [-0.2, 0) is 9.59 Å². The molecule has 1 aromatic heterocycles. The van der Waals surface area contributed by atoms with Gasteiger partial charge < -0.3 is 9.80 Å². The van der Waals surface area contributed by atoms with Crippen molar-refractivity contribution in [2.45, 2.75) is 44.3 Å². The number of carbonyl (C=O) groups is 2. The maximum Gasteiger partial charge on any atom is 0.230 e. The van der Waals surface area contributed by atoms with E-state index in [1.54, 1.807) is 4.68 Å². The highest BCUT2D eigenvalue weighted by molar-refractivity contribution is 5.82. The minimum absolute atomic E-state index is 0.107. The van der Waals surface area contributed by atoms with E-state index < -0.39 is 0 Å². The molecule has 146 valence electrons. The van der Waals surface area contributed by atoms with Crippen LogP contribution in [0.25, 0.3) is 0 Å². The van der Waals surface area contributed by atoms with Gasteiger partial charge in [0.25, 0.3) is 0 Å². The molecule has 0 bridgehead atoms. The van der Waals surface area contributed by atoms with Crippen LogP contribution in [0.1, 0.15) is 38.3 Å². The maximum absolute atomic E-state index is 13.2. The molecule has 10 heteroatoms. The highest BCUT2D eigenvalue weighted by atomic mass is 16.2. The van der Waals surface area contributed by atoms with Crippen molar-refractivity contribution in [2.75, 3.05) is 26.2 Å². The van der Waals surface area contributed by atoms with Gasteiger partial charge in [-0.15, -0.1) is 5.10 Å². The van der Waals surface area contributed by atoms with Crippen LogP contribution in [0.4, 0.5) is 0 Å². The quantitative estimate of drug-likeness (QED) is 0.709.